The number of nitrogen functional groups attached to an aromatic ring is 1. The van der Waals surface area contributed by atoms with Crippen molar-refractivity contribution in [2.75, 3.05) is 5.73 Å². The Morgan fingerprint density at radius 2 is 2.24 bits per heavy atom. The van der Waals surface area contributed by atoms with Crippen LogP contribution in [0.2, 0.25) is 5.02 Å². The third-order valence-electron chi connectivity index (χ3n) is 2.10. The van der Waals surface area contributed by atoms with Crippen LogP contribution in [0, 0.1) is 0 Å². The first-order valence-electron chi connectivity index (χ1n) is 4.52. The molecule has 17 heavy (non-hydrogen) atoms. The van der Waals surface area contributed by atoms with Crippen molar-refractivity contribution in [3.05, 3.63) is 39.6 Å². The summed E-state index contributed by atoms with van der Waals surface area (Å²) in [6.45, 7) is 0. The molecule has 0 atom stereocenters. The molecule has 0 aliphatic carbocycles. The van der Waals surface area contributed by atoms with E-state index in [1.54, 1.807) is 6.20 Å². The minimum Gasteiger partial charge on any atom is -0.478 e. The zero-order chi connectivity index (χ0) is 12.6. The van der Waals surface area contributed by atoms with E-state index in [1.165, 1.54) is 23.0 Å². The Morgan fingerprint density at radius 3 is 2.76 bits per heavy atom. The fourth-order valence-corrected chi connectivity index (χ4v) is 2.04. The summed E-state index contributed by atoms with van der Waals surface area (Å²) in [6.07, 6.45) is 3.15. The van der Waals surface area contributed by atoms with Crippen LogP contribution in [0.1, 0.15) is 10.4 Å². The van der Waals surface area contributed by atoms with E-state index in [1.807, 2.05) is 0 Å². The van der Waals surface area contributed by atoms with E-state index in [9.17, 15) is 4.79 Å². The van der Waals surface area contributed by atoms with Crippen LogP contribution in [0.5, 0.6) is 0 Å². The Bertz CT molecular complexity index is 597. The Morgan fingerprint density at radius 1 is 1.53 bits per heavy atom. The van der Waals surface area contributed by atoms with E-state index in [4.69, 9.17) is 22.4 Å². The van der Waals surface area contributed by atoms with Gasteiger partial charge in [-0.05, 0) is 28.1 Å². The minimum absolute atomic E-state index is 0.00519. The maximum Gasteiger partial charge on any atom is 0.338 e. The largest absolute Gasteiger partial charge is 0.478 e. The standard InChI is InChI=1S/C10H7BrClN3O2/c11-5-3-14-15(4-5)9-7(10(16)17)1-6(13)2-8(9)12/h1-4H,13H2,(H,16,17). The number of halogens is 2. The quantitative estimate of drug-likeness (QED) is 0.834. The van der Waals surface area contributed by atoms with Crippen LogP contribution in [0.4, 0.5) is 5.69 Å². The van der Waals surface area contributed by atoms with Crippen molar-refractivity contribution >= 4 is 39.2 Å². The van der Waals surface area contributed by atoms with Gasteiger partial charge in [0.2, 0.25) is 0 Å². The van der Waals surface area contributed by atoms with Gasteiger partial charge in [-0.2, -0.15) is 5.10 Å². The van der Waals surface area contributed by atoms with E-state index in [0.717, 1.165) is 4.47 Å². The van der Waals surface area contributed by atoms with Crippen LogP contribution in [-0.4, -0.2) is 20.9 Å². The number of hydrogen-bond acceptors (Lipinski definition) is 3. The fourth-order valence-electron chi connectivity index (χ4n) is 1.44. The molecule has 0 saturated heterocycles. The molecule has 5 nitrogen and oxygen atoms in total. The molecule has 2 rings (SSSR count). The van der Waals surface area contributed by atoms with Crippen molar-refractivity contribution in [3.8, 4) is 5.69 Å². The number of aromatic nitrogens is 2. The number of aromatic carboxylic acids is 1. The number of carboxylic acids is 1. The number of carboxylic acid groups (broad SMARTS) is 1. The molecule has 0 unspecified atom stereocenters. The molecule has 88 valence electrons. The lowest BCUT2D eigenvalue weighted by Gasteiger charge is -2.09. The summed E-state index contributed by atoms with van der Waals surface area (Å²) in [6, 6.07) is 2.83. The predicted octanol–water partition coefficient (Wildman–Crippen LogP) is 2.57. The summed E-state index contributed by atoms with van der Waals surface area (Å²) in [5.41, 5.74) is 6.15. The number of benzene rings is 1. The van der Waals surface area contributed by atoms with E-state index >= 15 is 0 Å². The Kier molecular flexibility index (Phi) is 3.08. The van der Waals surface area contributed by atoms with E-state index in [2.05, 4.69) is 21.0 Å². The monoisotopic (exact) mass is 315 g/mol. The van der Waals surface area contributed by atoms with Gasteiger partial charge in [-0.3, -0.25) is 0 Å². The third-order valence-corrected chi connectivity index (χ3v) is 2.79. The lowest BCUT2D eigenvalue weighted by atomic mass is 10.1. The van der Waals surface area contributed by atoms with Gasteiger partial charge in [0, 0.05) is 11.9 Å². The van der Waals surface area contributed by atoms with Gasteiger partial charge in [-0.15, -0.1) is 0 Å². The number of nitrogens with zero attached hydrogens (tertiary/aromatic N) is 2. The molecule has 0 amide bonds. The molecule has 1 aromatic carbocycles. The molecular formula is C10H7BrClN3O2. The highest BCUT2D eigenvalue weighted by atomic mass is 79.9. The van der Waals surface area contributed by atoms with Gasteiger partial charge >= 0.3 is 5.97 Å². The number of hydrogen-bond donors (Lipinski definition) is 2. The average molecular weight is 317 g/mol. The number of anilines is 1. The number of nitrogens with two attached hydrogens (primary N) is 1. The summed E-state index contributed by atoms with van der Waals surface area (Å²) in [7, 11) is 0. The Labute approximate surface area is 110 Å². The highest BCUT2D eigenvalue weighted by Gasteiger charge is 2.17. The SMILES string of the molecule is Nc1cc(Cl)c(-n2cc(Br)cn2)c(C(=O)O)c1. The molecule has 0 saturated carbocycles. The van der Waals surface area contributed by atoms with Crippen molar-refractivity contribution in [1.29, 1.82) is 0 Å². The van der Waals surface area contributed by atoms with Gasteiger partial charge in [0.15, 0.2) is 0 Å². The van der Waals surface area contributed by atoms with Crippen molar-refractivity contribution < 1.29 is 9.90 Å². The van der Waals surface area contributed by atoms with Crippen LogP contribution in [-0.2, 0) is 0 Å². The van der Waals surface area contributed by atoms with Crippen molar-refractivity contribution in [1.82, 2.24) is 9.78 Å². The summed E-state index contributed by atoms with van der Waals surface area (Å²) >= 11 is 9.23. The maximum atomic E-state index is 11.1. The van der Waals surface area contributed by atoms with Crippen molar-refractivity contribution in [2.45, 2.75) is 0 Å². The normalized spacial score (nSPS) is 10.5. The van der Waals surface area contributed by atoms with Crippen molar-refractivity contribution in [3.63, 3.8) is 0 Å². The molecule has 2 aromatic rings. The Balaban J connectivity index is 2.71. The van der Waals surface area contributed by atoms with Crippen molar-refractivity contribution in [2.24, 2.45) is 0 Å². The zero-order valence-corrected chi connectivity index (χ0v) is 10.7. The zero-order valence-electron chi connectivity index (χ0n) is 8.39. The van der Waals surface area contributed by atoms with Gasteiger partial charge in [0.25, 0.3) is 0 Å². The summed E-state index contributed by atoms with van der Waals surface area (Å²) in [5.74, 6) is -1.11. The van der Waals surface area contributed by atoms with Crippen LogP contribution < -0.4 is 5.73 Å². The Hall–Kier alpha value is -1.53. The van der Waals surface area contributed by atoms with Crippen LogP contribution in [0.15, 0.2) is 29.0 Å². The number of rotatable bonds is 2. The molecule has 1 aromatic heterocycles. The first kappa shape index (κ1) is 11.9. The third kappa shape index (κ3) is 2.27. The lowest BCUT2D eigenvalue weighted by Crippen LogP contribution is -2.07. The minimum atomic E-state index is -1.11. The van der Waals surface area contributed by atoms with Gasteiger partial charge in [-0.1, -0.05) is 11.6 Å². The molecule has 0 radical (unpaired) electrons. The average Bonchev–Trinajstić information content (AvgIpc) is 2.63. The lowest BCUT2D eigenvalue weighted by molar-refractivity contribution is 0.0697. The second kappa shape index (κ2) is 4.38. The molecule has 3 N–H and O–H groups in total. The van der Waals surface area contributed by atoms with E-state index in [0.29, 0.717) is 11.4 Å². The first-order chi connectivity index (χ1) is 7.99. The number of carbonyl (C=O) groups is 1. The second-order valence-corrected chi connectivity index (χ2v) is 4.63. The van der Waals surface area contributed by atoms with E-state index < -0.39 is 5.97 Å². The molecule has 0 bridgehead atoms. The molecule has 7 heteroatoms. The van der Waals surface area contributed by atoms with E-state index in [-0.39, 0.29) is 10.6 Å². The first-order valence-corrected chi connectivity index (χ1v) is 5.69. The highest BCUT2D eigenvalue weighted by Crippen LogP contribution is 2.28. The predicted molar refractivity (Wildman–Crippen MR) is 67.6 cm³/mol. The molecule has 0 aliphatic rings. The topological polar surface area (TPSA) is 81.1 Å². The molecule has 1 heterocycles. The second-order valence-electron chi connectivity index (χ2n) is 3.31. The highest BCUT2D eigenvalue weighted by molar-refractivity contribution is 9.10. The van der Waals surface area contributed by atoms with Crippen LogP contribution >= 0.6 is 27.5 Å². The molecular weight excluding hydrogens is 309 g/mol. The molecule has 0 spiro atoms. The molecule has 0 fully saturated rings. The van der Waals surface area contributed by atoms with Gasteiger partial charge in [0.1, 0.15) is 0 Å². The van der Waals surface area contributed by atoms with Crippen LogP contribution in [0.25, 0.3) is 5.69 Å². The van der Waals surface area contributed by atoms with Crippen LogP contribution in [0.3, 0.4) is 0 Å². The smallest absolute Gasteiger partial charge is 0.338 e. The maximum absolute atomic E-state index is 11.1. The van der Waals surface area contributed by atoms with Gasteiger partial charge in [-0.25, -0.2) is 9.48 Å². The fraction of sp³-hybridized carbons (Fsp3) is 0. The molecule has 0 aliphatic heterocycles. The summed E-state index contributed by atoms with van der Waals surface area (Å²) < 4.78 is 2.11. The summed E-state index contributed by atoms with van der Waals surface area (Å²) in [5, 5.41) is 13.4. The van der Waals surface area contributed by atoms with Gasteiger partial charge in [0.05, 0.1) is 26.9 Å². The van der Waals surface area contributed by atoms with Gasteiger partial charge < -0.3 is 10.8 Å². The summed E-state index contributed by atoms with van der Waals surface area (Å²) in [4.78, 5) is 11.1.